The zero-order valence-electron chi connectivity index (χ0n) is 16.9. The van der Waals surface area contributed by atoms with Crippen LogP contribution < -0.4 is 14.8 Å². The predicted molar refractivity (Wildman–Crippen MR) is 111 cm³/mol. The van der Waals surface area contributed by atoms with E-state index in [1.54, 1.807) is 6.20 Å². The molecule has 0 aliphatic heterocycles. The van der Waals surface area contributed by atoms with E-state index in [1.165, 1.54) is 41.6 Å². The predicted octanol–water partition coefficient (Wildman–Crippen LogP) is 4.21. The van der Waals surface area contributed by atoms with Gasteiger partial charge in [0, 0.05) is 6.20 Å². The molecule has 0 unspecified atom stereocenters. The van der Waals surface area contributed by atoms with Crippen molar-refractivity contribution in [3.8, 4) is 11.5 Å². The summed E-state index contributed by atoms with van der Waals surface area (Å²) in [4.78, 5) is 23.1. The zero-order chi connectivity index (χ0) is 21.7. The van der Waals surface area contributed by atoms with E-state index in [0.717, 1.165) is 0 Å². The van der Waals surface area contributed by atoms with Gasteiger partial charge in [-0.25, -0.2) is 4.68 Å². The van der Waals surface area contributed by atoms with E-state index in [-0.39, 0.29) is 23.8 Å². The molecule has 156 valence electrons. The van der Waals surface area contributed by atoms with E-state index < -0.39 is 10.8 Å². The summed E-state index contributed by atoms with van der Waals surface area (Å²) in [7, 11) is 1.41. The maximum Gasteiger partial charge on any atom is 0.296 e. The smallest absolute Gasteiger partial charge is 0.296 e. The fourth-order valence-corrected chi connectivity index (χ4v) is 2.73. The van der Waals surface area contributed by atoms with Crippen LogP contribution in [0.5, 0.6) is 11.5 Å². The van der Waals surface area contributed by atoms with Gasteiger partial charge in [-0.2, -0.15) is 5.10 Å². The Labute approximate surface area is 173 Å². The molecule has 1 N–H and O–H groups in total. The number of nitro groups is 1. The molecule has 9 heteroatoms. The van der Waals surface area contributed by atoms with Crippen LogP contribution in [0.3, 0.4) is 0 Å². The highest BCUT2D eigenvalue weighted by molar-refractivity contribution is 6.04. The van der Waals surface area contributed by atoms with Gasteiger partial charge in [0.05, 0.1) is 18.1 Å². The summed E-state index contributed by atoms with van der Waals surface area (Å²) in [6.07, 6.45) is 1.60. The summed E-state index contributed by atoms with van der Waals surface area (Å²) < 4.78 is 12.1. The van der Waals surface area contributed by atoms with E-state index >= 15 is 0 Å². The van der Waals surface area contributed by atoms with Crippen molar-refractivity contribution in [1.29, 1.82) is 0 Å². The third-order valence-corrected chi connectivity index (χ3v) is 4.43. The number of carbonyl (C=O) groups is 1. The van der Waals surface area contributed by atoms with E-state index in [4.69, 9.17) is 9.47 Å². The van der Waals surface area contributed by atoms with Crippen LogP contribution >= 0.6 is 0 Å². The third kappa shape index (κ3) is 4.93. The van der Waals surface area contributed by atoms with Gasteiger partial charge >= 0.3 is 0 Å². The Morgan fingerprint density at radius 1 is 1.17 bits per heavy atom. The van der Waals surface area contributed by atoms with Crippen molar-refractivity contribution in [2.24, 2.45) is 0 Å². The monoisotopic (exact) mass is 410 g/mol. The van der Waals surface area contributed by atoms with Gasteiger partial charge in [0.2, 0.25) is 0 Å². The van der Waals surface area contributed by atoms with Crippen LogP contribution in [0, 0.1) is 10.1 Å². The topological polar surface area (TPSA) is 109 Å². The van der Waals surface area contributed by atoms with Crippen LogP contribution in [0.25, 0.3) is 0 Å². The fourth-order valence-electron chi connectivity index (χ4n) is 2.73. The minimum Gasteiger partial charge on any atom is -0.496 e. The number of benzene rings is 2. The first-order valence-corrected chi connectivity index (χ1v) is 9.27. The number of methoxy groups -OCH3 is 1. The lowest BCUT2D eigenvalue weighted by atomic mass is 10.0. The molecule has 0 aliphatic carbocycles. The first-order chi connectivity index (χ1) is 14.4. The molecule has 0 saturated carbocycles. The van der Waals surface area contributed by atoms with Crippen LogP contribution in [0.4, 0.5) is 11.4 Å². The molecule has 1 heterocycles. The van der Waals surface area contributed by atoms with Gasteiger partial charge in [0.25, 0.3) is 11.6 Å². The second-order valence-electron chi connectivity index (χ2n) is 6.83. The highest BCUT2D eigenvalue weighted by Crippen LogP contribution is 2.29. The second-order valence-corrected chi connectivity index (χ2v) is 6.83. The Hall–Kier alpha value is -3.88. The van der Waals surface area contributed by atoms with Crippen LogP contribution in [-0.4, -0.2) is 27.7 Å². The Bertz CT molecular complexity index is 1040. The van der Waals surface area contributed by atoms with Gasteiger partial charge in [-0.3, -0.25) is 14.9 Å². The van der Waals surface area contributed by atoms with Crippen LogP contribution in [0.1, 0.15) is 35.8 Å². The van der Waals surface area contributed by atoms with Crippen molar-refractivity contribution in [2.45, 2.75) is 26.5 Å². The number of hydrogen-bond acceptors (Lipinski definition) is 6. The molecule has 3 rings (SSSR count). The Kier molecular flexibility index (Phi) is 6.31. The molecular weight excluding hydrogens is 388 g/mol. The maximum absolute atomic E-state index is 12.5. The number of anilines is 1. The van der Waals surface area contributed by atoms with E-state index in [2.05, 4.69) is 24.3 Å². The standard InChI is InChI=1S/C21H22N4O5/c1-14(2)15-4-6-16(7-5-15)30-13-24-11-10-19(23-24)21(26)22-18-9-8-17(29-3)12-20(18)25(27)28/h4-12,14H,13H2,1-3H3,(H,22,26). The molecule has 0 saturated heterocycles. The lowest BCUT2D eigenvalue weighted by Crippen LogP contribution is -2.15. The summed E-state index contributed by atoms with van der Waals surface area (Å²) in [6, 6.07) is 13.5. The van der Waals surface area contributed by atoms with E-state index in [0.29, 0.717) is 17.4 Å². The largest absolute Gasteiger partial charge is 0.496 e. The van der Waals surface area contributed by atoms with E-state index in [9.17, 15) is 14.9 Å². The number of ether oxygens (including phenoxy) is 2. The fraction of sp³-hybridized carbons (Fsp3) is 0.238. The van der Waals surface area contributed by atoms with Crippen molar-refractivity contribution in [3.05, 3.63) is 76.1 Å². The van der Waals surface area contributed by atoms with Crippen LogP contribution in [0.2, 0.25) is 0 Å². The molecular formula is C21H22N4O5. The molecule has 0 fully saturated rings. The molecule has 30 heavy (non-hydrogen) atoms. The van der Waals surface area contributed by atoms with Gasteiger partial charge in [-0.05, 0) is 41.8 Å². The van der Waals surface area contributed by atoms with Crippen molar-refractivity contribution in [2.75, 3.05) is 12.4 Å². The maximum atomic E-state index is 12.5. The second kappa shape index (κ2) is 9.08. The highest BCUT2D eigenvalue weighted by Gasteiger charge is 2.19. The average Bonchev–Trinajstić information content (AvgIpc) is 3.22. The van der Waals surface area contributed by atoms with Gasteiger partial charge < -0.3 is 14.8 Å². The number of nitro benzene ring substituents is 1. The first kappa shape index (κ1) is 20.8. The Morgan fingerprint density at radius 3 is 2.50 bits per heavy atom. The van der Waals surface area contributed by atoms with Gasteiger partial charge in [0.15, 0.2) is 12.4 Å². The molecule has 0 bridgehead atoms. The molecule has 0 atom stereocenters. The lowest BCUT2D eigenvalue weighted by molar-refractivity contribution is -0.384. The number of nitrogens with zero attached hydrogens (tertiary/aromatic N) is 3. The number of amides is 1. The molecule has 1 aromatic heterocycles. The van der Waals surface area contributed by atoms with Gasteiger partial charge in [0.1, 0.15) is 17.2 Å². The van der Waals surface area contributed by atoms with Crippen molar-refractivity contribution >= 4 is 17.3 Å². The van der Waals surface area contributed by atoms with Crippen LogP contribution in [-0.2, 0) is 6.73 Å². The minimum absolute atomic E-state index is 0.0573. The quantitative estimate of drug-likeness (QED) is 0.440. The van der Waals surface area contributed by atoms with Crippen LogP contribution in [0.15, 0.2) is 54.7 Å². The normalized spacial score (nSPS) is 10.7. The number of aromatic nitrogens is 2. The summed E-state index contributed by atoms with van der Waals surface area (Å²) in [5.74, 6) is 0.883. The SMILES string of the molecule is COc1ccc(NC(=O)c2ccn(COc3ccc(C(C)C)cc3)n2)c([N+](=O)[O-])c1. The summed E-state index contributed by atoms with van der Waals surface area (Å²) in [5.41, 5.74) is 1.11. The third-order valence-electron chi connectivity index (χ3n) is 4.43. The average molecular weight is 410 g/mol. The highest BCUT2D eigenvalue weighted by atomic mass is 16.6. The number of nitrogens with one attached hydrogen (secondary N) is 1. The molecule has 9 nitrogen and oxygen atoms in total. The van der Waals surface area contributed by atoms with Crippen molar-refractivity contribution < 1.29 is 19.2 Å². The minimum atomic E-state index is -0.588. The number of rotatable bonds is 8. The molecule has 3 aromatic rings. The van der Waals surface area contributed by atoms with E-state index in [1.807, 2.05) is 24.3 Å². The Morgan fingerprint density at radius 2 is 1.87 bits per heavy atom. The summed E-state index contributed by atoms with van der Waals surface area (Å²) >= 11 is 0. The molecule has 1 amide bonds. The van der Waals surface area contributed by atoms with Gasteiger partial charge in [-0.15, -0.1) is 0 Å². The summed E-state index contributed by atoms with van der Waals surface area (Å²) in [5, 5.41) is 17.9. The first-order valence-electron chi connectivity index (χ1n) is 9.27. The van der Waals surface area contributed by atoms with Crippen molar-refractivity contribution in [1.82, 2.24) is 9.78 Å². The number of hydrogen-bond donors (Lipinski definition) is 1. The number of carbonyl (C=O) groups excluding carboxylic acids is 1. The van der Waals surface area contributed by atoms with Gasteiger partial charge in [-0.1, -0.05) is 26.0 Å². The lowest BCUT2D eigenvalue weighted by Gasteiger charge is -2.09. The molecule has 2 aromatic carbocycles. The molecule has 0 radical (unpaired) electrons. The summed E-state index contributed by atoms with van der Waals surface area (Å²) in [6.45, 7) is 4.36. The Balaban J connectivity index is 1.64. The zero-order valence-corrected chi connectivity index (χ0v) is 16.9. The molecule has 0 spiro atoms. The van der Waals surface area contributed by atoms with Crippen molar-refractivity contribution in [3.63, 3.8) is 0 Å². The molecule has 0 aliphatic rings.